The van der Waals surface area contributed by atoms with Crippen molar-refractivity contribution in [3.05, 3.63) is 59.1 Å². The second-order valence-electron chi connectivity index (χ2n) is 6.71. The molecule has 0 bridgehead atoms. The lowest BCUT2D eigenvalue weighted by Crippen LogP contribution is -2.35. The Kier molecular flexibility index (Phi) is 4.75. The molecule has 1 aliphatic rings. The van der Waals surface area contributed by atoms with Crippen molar-refractivity contribution in [2.24, 2.45) is 0 Å². The molecule has 2 heterocycles. The molecule has 3 aromatic rings. The van der Waals surface area contributed by atoms with E-state index in [1.165, 1.54) is 12.1 Å². The van der Waals surface area contributed by atoms with Crippen molar-refractivity contribution in [3.63, 3.8) is 0 Å². The Labute approximate surface area is 162 Å². The molecule has 0 fully saturated rings. The number of rotatable bonds is 4. The average molecular weight is 403 g/mol. The Balaban J connectivity index is 1.52. The summed E-state index contributed by atoms with van der Waals surface area (Å²) >= 11 is 5.84. The Morgan fingerprint density at radius 2 is 2.00 bits per heavy atom. The van der Waals surface area contributed by atoms with E-state index in [-0.39, 0.29) is 10.9 Å². The molecule has 4 rings (SSSR count). The van der Waals surface area contributed by atoms with E-state index in [1.807, 2.05) is 13.0 Å². The number of nitrogens with one attached hydrogen (secondary N) is 2. The van der Waals surface area contributed by atoms with Gasteiger partial charge in [0.05, 0.1) is 10.6 Å². The van der Waals surface area contributed by atoms with Crippen LogP contribution in [0.5, 0.6) is 0 Å². The Morgan fingerprint density at radius 3 is 2.70 bits per heavy atom. The molecule has 0 saturated heterocycles. The smallest absolute Gasteiger partial charge is 0.240 e. The molecule has 0 saturated carbocycles. The number of fused-ring (bicyclic) bond motifs is 1. The number of aromatic nitrogens is 3. The van der Waals surface area contributed by atoms with Gasteiger partial charge in [-0.1, -0.05) is 17.7 Å². The maximum atomic E-state index is 12.5. The molecular formula is C19H19ClN4O2S. The van der Waals surface area contributed by atoms with Crippen LogP contribution in [0.1, 0.15) is 30.7 Å². The van der Waals surface area contributed by atoms with Crippen LogP contribution in [-0.4, -0.2) is 29.4 Å². The van der Waals surface area contributed by atoms with Crippen molar-refractivity contribution in [3.8, 4) is 0 Å². The number of halogens is 1. The van der Waals surface area contributed by atoms with E-state index in [0.717, 1.165) is 34.4 Å². The summed E-state index contributed by atoms with van der Waals surface area (Å²) in [6.07, 6.45) is 5.72. The highest BCUT2D eigenvalue weighted by Crippen LogP contribution is 2.30. The van der Waals surface area contributed by atoms with Gasteiger partial charge in [0.2, 0.25) is 10.0 Å². The summed E-state index contributed by atoms with van der Waals surface area (Å²) in [7, 11) is -3.56. The van der Waals surface area contributed by atoms with E-state index in [2.05, 4.69) is 25.8 Å². The minimum Gasteiger partial charge on any atom is -0.343 e. The molecule has 6 nitrogen and oxygen atoms in total. The zero-order valence-electron chi connectivity index (χ0n) is 14.7. The molecule has 27 heavy (non-hydrogen) atoms. The highest BCUT2D eigenvalue weighted by atomic mass is 35.5. The quantitative estimate of drug-likeness (QED) is 0.694. The van der Waals surface area contributed by atoms with E-state index in [0.29, 0.717) is 17.9 Å². The van der Waals surface area contributed by atoms with Gasteiger partial charge >= 0.3 is 0 Å². The Morgan fingerprint density at radius 1 is 1.22 bits per heavy atom. The summed E-state index contributed by atoms with van der Waals surface area (Å²) in [5, 5.41) is 1.51. The number of H-pyrrole nitrogens is 1. The molecule has 0 amide bonds. The summed E-state index contributed by atoms with van der Waals surface area (Å²) < 4.78 is 27.9. The minimum absolute atomic E-state index is 0.139. The van der Waals surface area contributed by atoms with Crippen molar-refractivity contribution in [1.29, 1.82) is 0 Å². The van der Waals surface area contributed by atoms with Gasteiger partial charge in [0.15, 0.2) is 0 Å². The van der Waals surface area contributed by atoms with E-state index in [9.17, 15) is 8.42 Å². The second-order valence-corrected chi connectivity index (χ2v) is 8.86. The van der Waals surface area contributed by atoms with Gasteiger partial charge in [0.25, 0.3) is 0 Å². The van der Waals surface area contributed by atoms with Gasteiger partial charge < -0.3 is 4.98 Å². The van der Waals surface area contributed by atoms with Crippen molar-refractivity contribution in [2.75, 3.05) is 0 Å². The molecule has 1 unspecified atom stereocenters. The zero-order valence-corrected chi connectivity index (χ0v) is 16.3. The SMILES string of the molecule is Cc1cc2c(C3=CCC(NS(=O)(=O)c4ccc(Cl)cc4)CC3)ncnc2[nH]1. The highest BCUT2D eigenvalue weighted by Gasteiger charge is 2.23. The van der Waals surface area contributed by atoms with Crippen LogP contribution in [0.15, 0.2) is 47.6 Å². The summed E-state index contributed by atoms with van der Waals surface area (Å²) in [5.74, 6) is 0. The van der Waals surface area contributed by atoms with Gasteiger partial charge in [0.1, 0.15) is 12.0 Å². The third-order valence-electron chi connectivity index (χ3n) is 4.72. The minimum atomic E-state index is -3.56. The van der Waals surface area contributed by atoms with E-state index >= 15 is 0 Å². The van der Waals surface area contributed by atoms with Gasteiger partial charge in [-0.15, -0.1) is 0 Å². The van der Waals surface area contributed by atoms with Gasteiger partial charge in [-0.25, -0.2) is 23.1 Å². The number of hydrogen-bond acceptors (Lipinski definition) is 4. The molecule has 2 aromatic heterocycles. The number of sulfonamides is 1. The van der Waals surface area contributed by atoms with Crippen LogP contribution in [-0.2, 0) is 10.0 Å². The molecule has 1 aliphatic carbocycles. The number of hydrogen-bond donors (Lipinski definition) is 2. The molecule has 2 N–H and O–H groups in total. The zero-order chi connectivity index (χ0) is 19.0. The average Bonchev–Trinajstić information content (AvgIpc) is 3.02. The third-order valence-corrected chi connectivity index (χ3v) is 6.51. The van der Waals surface area contributed by atoms with Gasteiger partial charge in [-0.05, 0) is 62.1 Å². The topological polar surface area (TPSA) is 87.7 Å². The third kappa shape index (κ3) is 3.76. The fourth-order valence-corrected chi connectivity index (χ4v) is 4.79. The maximum Gasteiger partial charge on any atom is 0.240 e. The number of allylic oxidation sites excluding steroid dienone is 1. The molecule has 0 aliphatic heterocycles. The molecule has 0 spiro atoms. The second kappa shape index (κ2) is 7.07. The van der Waals surface area contributed by atoms with Crippen LogP contribution in [0.3, 0.4) is 0 Å². The van der Waals surface area contributed by atoms with Crippen molar-refractivity contribution >= 4 is 38.2 Å². The van der Waals surface area contributed by atoms with Crippen LogP contribution in [0.25, 0.3) is 16.6 Å². The molecule has 140 valence electrons. The maximum absolute atomic E-state index is 12.5. The van der Waals surface area contributed by atoms with Crippen molar-refractivity contribution in [1.82, 2.24) is 19.7 Å². The molecule has 1 aromatic carbocycles. The van der Waals surface area contributed by atoms with Crippen LogP contribution in [0.2, 0.25) is 5.02 Å². The first-order valence-corrected chi connectivity index (χ1v) is 10.6. The lowest BCUT2D eigenvalue weighted by molar-refractivity contribution is 0.525. The van der Waals surface area contributed by atoms with Gasteiger partial charge in [-0.2, -0.15) is 0 Å². The standard InChI is InChI=1S/C19H19ClN4O2S/c1-12-10-17-18(21-11-22-19(17)23-12)13-2-6-15(7-3-13)24-27(25,26)16-8-4-14(20)5-9-16/h2,4-5,8-11,15,24H,3,6-7H2,1H3,(H,21,22,23). The molecule has 0 radical (unpaired) electrons. The number of aromatic amines is 1. The lowest BCUT2D eigenvalue weighted by Gasteiger charge is -2.23. The summed E-state index contributed by atoms with van der Waals surface area (Å²) in [6, 6.07) is 8.09. The fourth-order valence-electron chi connectivity index (χ4n) is 3.38. The van der Waals surface area contributed by atoms with E-state index < -0.39 is 10.0 Å². The van der Waals surface area contributed by atoms with Crippen molar-refractivity contribution < 1.29 is 8.42 Å². The van der Waals surface area contributed by atoms with Crippen LogP contribution in [0, 0.1) is 6.92 Å². The van der Waals surface area contributed by atoms with Crippen LogP contribution < -0.4 is 4.72 Å². The summed E-state index contributed by atoms with van der Waals surface area (Å²) in [6.45, 7) is 1.99. The Bertz CT molecular complexity index is 1120. The first-order valence-electron chi connectivity index (χ1n) is 8.70. The molecule has 1 atom stereocenters. The largest absolute Gasteiger partial charge is 0.343 e. The highest BCUT2D eigenvalue weighted by molar-refractivity contribution is 7.89. The summed E-state index contributed by atoms with van der Waals surface area (Å²) in [4.78, 5) is 12.2. The predicted molar refractivity (Wildman–Crippen MR) is 106 cm³/mol. The van der Waals surface area contributed by atoms with Crippen molar-refractivity contribution in [2.45, 2.75) is 37.1 Å². The van der Waals surface area contributed by atoms with Crippen LogP contribution in [0.4, 0.5) is 0 Å². The Hall–Kier alpha value is -2.22. The van der Waals surface area contributed by atoms with Gasteiger partial charge in [-0.3, -0.25) is 0 Å². The van der Waals surface area contributed by atoms with E-state index in [1.54, 1.807) is 18.5 Å². The number of benzene rings is 1. The predicted octanol–water partition coefficient (Wildman–Crippen LogP) is 3.83. The van der Waals surface area contributed by atoms with Gasteiger partial charge in [0, 0.05) is 22.1 Å². The lowest BCUT2D eigenvalue weighted by atomic mass is 9.93. The normalized spacial score (nSPS) is 17.9. The summed E-state index contributed by atoms with van der Waals surface area (Å²) in [5.41, 5.74) is 3.91. The number of aryl methyl sites for hydroxylation is 1. The first-order chi connectivity index (χ1) is 12.9. The fraction of sp³-hybridized carbons (Fsp3) is 0.263. The molecular weight excluding hydrogens is 384 g/mol. The van der Waals surface area contributed by atoms with E-state index in [4.69, 9.17) is 11.6 Å². The van der Waals surface area contributed by atoms with Crippen LogP contribution >= 0.6 is 11.6 Å². The number of nitrogens with zero attached hydrogens (tertiary/aromatic N) is 2. The first kappa shape index (κ1) is 18.2. The monoisotopic (exact) mass is 402 g/mol. The molecule has 8 heteroatoms.